The minimum Gasteiger partial charge on any atom is -0.444 e. The van der Waals surface area contributed by atoms with Crippen LogP contribution in [0.5, 0.6) is 0 Å². The summed E-state index contributed by atoms with van der Waals surface area (Å²) in [5, 5.41) is 16.8. The molecule has 36 heteroatoms. The Kier molecular flexibility index (Phi) is 44.1. The zero-order valence-electron chi connectivity index (χ0n) is 68.4. The lowest BCUT2D eigenvalue weighted by Gasteiger charge is -2.28. The number of ether oxygens (including phenoxy) is 7. The van der Waals surface area contributed by atoms with Gasteiger partial charge in [0, 0.05) is 48.9 Å². The van der Waals surface area contributed by atoms with Gasteiger partial charge in [0.2, 0.25) is 0 Å². The summed E-state index contributed by atoms with van der Waals surface area (Å²) in [6.07, 6.45) is 1.38. The van der Waals surface area contributed by atoms with Gasteiger partial charge in [-0.25, -0.2) is 53.9 Å². The quantitative estimate of drug-likeness (QED) is 0.0585. The summed E-state index contributed by atoms with van der Waals surface area (Å²) in [6, 6.07) is 21.8. The number of pyridine rings is 6. The van der Waals surface area contributed by atoms with Gasteiger partial charge >= 0.3 is 42.8 Å². The Hall–Kier alpha value is -9.03. The number of rotatable bonds is 13. The van der Waals surface area contributed by atoms with Crippen LogP contribution in [0, 0.1) is 13.8 Å². The maximum Gasteiger partial charge on any atom is 0.425 e. The number of aryl methyl sites for hydroxylation is 2. The van der Waals surface area contributed by atoms with E-state index in [1.165, 1.54) is 5.57 Å². The number of imide groups is 1. The van der Waals surface area contributed by atoms with Crippen LogP contribution in [0.3, 0.4) is 0 Å². The highest BCUT2D eigenvalue weighted by Crippen LogP contribution is 2.28. The number of nitrogens with zero attached hydrogens (tertiary/aromatic N) is 10. The minimum absolute atomic E-state index is 0.139. The molecule has 0 unspecified atom stereocenters. The van der Waals surface area contributed by atoms with Gasteiger partial charge in [0.25, 0.3) is 0 Å². The fourth-order valence-corrected chi connectivity index (χ4v) is 10.9. The Morgan fingerprint density at radius 1 is 0.434 bits per heavy atom. The number of hydrogen-bond donors (Lipinski definition) is 6. The molecule has 6 aromatic rings. The van der Waals surface area contributed by atoms with Crippen LogP contribution < -0.4 is 32.3 Å². The van der Waals surface area contributed by atoms with E-state index in [0.29, 0.717) is 84.5 Å². The molecule has 0 spiro atoms. The van der Waals surface area contributed by atoms with Crippen molar-refractivity contribution in [1.82, 2.24) is 44.6 Å². The second kappa shape index (κ2) is 48.9. The average Bonchev–Trinajstić information content (AvgIpc) is 1.53. The molecule has 620 valence electrons. The minimum atomic E-state index is -0.836. The van der Waals surface area contributed by atoms with Crippen LogP contribution in [0.4, 0.5) is 58.9 Å². The van der Waals surface area contributed by atoms with Crippen molar-refractivity contribution in [2.45, 2.75) is 172 Å². The fourth-order valence-electron chi connectivity index (χ4n) is 8.81. The first-order valence-electron chi connectivity index (χ1n) is 34.6. The Morgan fingerprint density at radius 3 is 1.07 bits per heavy atom. The number of amides is 5. The fraction of sp³-hybridized carbons (Fsp3) is 0.468. The molecule has 0 aliphatic carbocycles. The largest absolute Gasteiger partial charge is 0.444 e. The first-order valence-corrected chi connectivity index (χ1v) is 37.8. The number of anilines is 6. The highest BCUT2D eigenvalue weighted by molar-refractivity contribution is 9.11. The maximum atomic E-state index is 12.5. The molecule has 0 saturated carbocycles. The summed E-state index contributed by atoms with van der Waals surface area (Å²) >= 11 is 13.3. The third-order valence-corrected chi connectivity index (χ3v) is 14.2. The lowest BCUT2D eigenvalue weighted by atomic mass is 10.1. The van der Waals surface area contributed by atoms with E-state index in [4.69, 9.17) is 68.9 Å². The van der Waals surface area contributed by atoms with Crippen molar-refractivity contribution in [2.24, 2.45) is 0 Å². The highest BCUT2D eigenvalue weighted by Gasteiger charge is 2.34. The second-order valence-electron chi connectivity index (χ2n) is 30.2. The molecule has 5 amide bonds. The van der Waals surface area contributed by atoms with E-state index in [2.05, 4.69) is 127 Å². The van der Waals surface area contributed by atoms with Crippen molar-refractivity contribution in [3.05, 3.63) is 148 Å². The zero-order valence-corrected chi connectivity index (χ0v) is 74.7. The Labute approximate surface area is 695 Å². The Bertz CT molecular complexity index is 4120. The van der Waals surface area contributed by atoms with Gasteiger partial charge in [-0.1, -0.05) is 75.9 Å². The number of aliphatic hydroxyl groups excluding tert-OH is 1. The van der Waals surface area contributed by atoms with E-state index in [1.54, 1.807) is 106 Å². The number of carbonyl (C=O) groups excluding carboxylic acids is 9. The van der Waals surface area contributed by atoms with Gasteiger partial charge in [-0.15, -0.1) is 0 Å². The number of carbonyl (C=O) groups is 5. The van der Waals surface area contributed by atoms with Gasteiger partial charge in [0.1, 0.15) is 62.9 Å². The molecule has 6 aromatic heterocycles. The number of hydrogen-bond acceptors (Lipinski definition) is 28. The maximum absolute atomic E-state index is 12.5. The molecule has 2 aliphatic heterocycles. The second-order valence-corrected chi connectivity index (χ2v) is 33.8. The van der Waals surface area contributed by atoms with Crippen molar-refractivity contribution in [3.63, 3.8) is 0 Å². The predicted molar refractivity (Wildman–Crippen MR) is 445 cm³/mol. The van der Waals surface area contributed by atoms with Gasteiger partial charge in [-0.05, 0) is 255 Å². The molecule has 0 bridgehead atoms. The topological polar surface area (TPSA) is 417 Å². The molecule has 0 atom stereocenters. The van der Waals surface area contributed by atoms with Crippen LogP contribution in [-0.4, -0.2) is 189 Å². The van der Waals surface area contributed by atoms with Crippen molar-refractivity contribution < 1.29 is 81.4 Å². The number of nitrogens with two attached hydrogens (primary N) is 2. The van der Waals surface area contributed by atoms with E-state index >= 15 is 0 Å². The van der Waals surface area contributed by atoms with E-state index in [0.717, 1.165) is 64.3 Å². The first kappa shape index (κ1) is 102. The monoisotopic (exact) mass is 1830 g/mol. The first-order chi connectivity index (χ1) is 52.1. The van der Waals surface area contributed by atoms with Crippen LogP contribution in [0.2, 0.25) is 0 Å². The summed E-state index contributed by atoms with van der Waals surface area (Å²) < 4.78 is 40.1. The number of aromatic nitrogens is 6. The zero-order chi connectivity index (χ0) is 86.5. The number of halogens is 4. The Morgan fingerprint density at radius 2 is 0.743 bits per heavy atom. The van der Waals surface area contributed by atoms with Crippen LogP contribution in [0.1, 0.15) is 149 Å². The Balaban J connectivity index is 0.000000678. The molecule has 8 rings (SSSR count). The summed E-state index contributed by atoms with van der Waals surface area (Å²) in [5.74, 6) is 2.56. The summed E-state index contributed by atoms with van der Waals surface area (Å²) in [7, 11) is 11.9. The normalized spacial score (nSPS) is 12.1. The highest BCUT2D eigenvalue weighted by atomic mass is 79.9. The number of nitrogens with one attached hydrogen (secondary N) is 3. The molecule has 8 N–H and O–H groups in total. The predicted octanol–water partition coefficient (Wildman–Crippen LogP) is 15.4. The third-order valence-electron chi connectivity index (χ3n) is 12.3. The summed E-state index contributed by atoms with van der Waals surface area (Å²) in [4.78, 5) is 125. The molecule has 113 heavy (non-hydrogen) atoms. The van der Waals surface area contributed by atoms with Crippen molar-refractivity contribution in [1.29, 1.82) is 0 Å². The van der Waals surface area contributed by atoms with E-state index in [9.17, 15) is 24.0 Å². The van der Waals surface area contributed by atoms with E-state index in [-0.39, 0.29) is 24.7 Å². The molecular formula is C77H107Br4N15O17. The molecular weight excluding hydrogens is 1730 g/mol. The van der Waals surface area contributed by atoms with Gasteiger partial charge in [-0.3, -0.25) is 16.0 Å². The molecule has 32 nitrogen and oxygen atoms in total. The van der Waals surface area contributed by atoms with Crippen molar-refractivity contribution in [3.8, 4) is 0 Å². The number of aliphatic hydroxyl groups is 1. The molecule has 0 radical (unpaired) electrons. The molecule has 0 fully saturated rings. The van der Waals surface area contributed by atoms with Crippen LogP contribution in [0.25, 0.3) is 11.1 Å². The molecule has 0 aromatic carbocycles. The van der Waals surface area contributed by atoms with E-state index < -0.39 is 58.5 Å². The van der Waals surface area contributed by atoms with Crippen molar-refractivity contribution in [2.75, 3.05) is 101 Å². The number of nitrogen functional groups attached to an aromatic ring is 2. The van der Waals surface area contributed by atoms with E-state index in [1.807, 2.05) is 137 Å². The van der Waals surface area contributed by atoms with Crippen molar-refractivity contribution >= 4 is 153 Å². The SMILES string of the molecule is CC(C)(C)OC(=O)Nc1cc(Br)cc(CO)n1.CN(C)Cc1cc(Br)cc(NC(=O)OC(C)(C)C)n1.CN(C)Cc1cc(C2=CCOC2)cc(N)n1.CN(C)Cc1cc(C2=CCOC2)cc(NC(=O)OC(C)(C)C)n1.Cc1cc(Br)cc(N(C(=O)OC(C)(C)C)C(=O)OC(C)(C)C)n1.Cc1cc(Br)cc(N)n1.O=C=O.O=C=O. The molecule has 8 heterocycles. The van der Waals surface area contributed by atoms with Gasteiger partial charge in [-0.2, -0.15) is 24.1 Å². The van der Waals surface area contributed by atoms with Gasteiger partial charge in [0.15, 0.2) is 0 Å². The lowest BCUT2D eigenvalue weighted by Crippen LogP contribution is -2.44. The summed E-state index contributed by atoms with van der Waals surface area (Å²) in [6.45, 7) is 34.8. The van der Waals surface area contributed by atoms with Gasteiger partial charge < -0.3 is 64.4 Å². The van der Waals surface area contributed by atoms with Crippen LogP contribution in [0.15, 0.2) is 103 Å². The average molecular weight is 1830 g/mol. The third kappa shape index (κ3) is 47.9. The molecule has 2 aliphatic rings. The van der Waals surface area contributed by atoms with Crippen LogP contribution >= 0.6 is 63.7 Å². The summed E-state index contributed by atoms with van der Waals surface area (Å²) in [5.41, 5.74) is 17.3. The standard InChI is InChI=1S/C17H25N3O3.C16H23BrN2O4.C13H20BrN3O2.C12H17N3O.C11H15BrN2O3.C6H7BrN2.2CO2/c1-17(2,3)23-16(21)19-15-9-13(12-6-7-22-11-12)8-14(18-15)10-20(4)5;1-10-8-11(17)9-12(18-10)19(13(20)22-15(2,3)4)14(21)23-16(5,6)7;1-13(2,3)19-12(18)16-11-7-9(14)6-10(15-11)8-17(4)5;1-15(2)7-11-5-10(6-12(13)14-11)9-3-4-16-8-9;1-11(2,3)17-10(16)14-9-5-7(12)4-8(6-15)13-9;1-4-2-5(7)3-6(8)9-4;2*2-1-3/h6,8-9H,7,10-11H2,1-5H3,(H,18,19,21);8-9H,1-7H3;6-7H,8H2,1-5H3,(H,15,16,18);3,5-6H,4,7-8H2,1-2H3,(H2,13,14);4-5,15H,6H2,1-3H3,(H,13,14,16);2-3H,1H3,(H2,8,9);;. The van der Waals surface area contributed by atoms with Gasteiger partial charge in [0.05, 0.1) is 55.8 Å². The lowest BCUT2D eigenvalue weighted by molar-refractivity contribution is -0.193. The molecule has 0 saturated heterocycles. The van der Waals surface area contributed by atoms with Crippen LogP contribution in [-0.2, 0) is 78.6 Å². The smallest absolute Gasteiger partial charge is 0.425 e.